The van der Waals surface area contributed by atoms with Crippen LogP contribution in [0.15, 0.2) is 65.4 Å². The molecule has 2 aromatic heterocycles. The molecule has 5 nitrogen and oxygen atoms in total. The molecule has 2 heterocycles. The zero-order chi connectivity index (χ0) is 16.4. The summed E-state index contributed by atoms with van der Waals surface area (Å²) in [5, 5.41) is 4.04. The summed E-state index contributed by atoms with van der Waals surface area (Å²) in [6, 6.07) is 15.6. The van der Waals surface area contributed by atoms with E-state index < -0.39 is 0 Å². The largest absolute Gasteiger partial charge is 0.350 e. The maximum Gasteiger partial charge on any atom is 0.293 e. The Kier molecular flexibility index (Phi) is 3.83. The van der Waals surface area contributed by atoms with Crippen molar-refractivity contribution in [3.63, 3.8) is 0 Å². The predicted molar refractivity (Wildman–Crippen MR) is 89.1 cm³/mol. The fraction of sp³-hybridized carbons (Fsp3) is 0.211. The average molecular weight is 319 g/mol. The van der Waals surface area contributed by atoms with Gasteiger partial charge in [0.2, 0.25) is 5.76 Å². The van der Waals surface area contributed by atoms with Crippen molar-refractivity contribution in [3.8, 4) is 11.3 Å². The van der Waals surface area contributed by atoms with E-state index in [2.05, 4.69) is 10.1 Å². The highest BCUT2D eigenvalue weighted by molar-refractivity contribution is 5.92. The number of amides is 1. The molecule has 1 fully saturated rings. The van der Waals surface area contributed by atoms with Gasteiger partial charge in [-0.2, -0.15) is 0 Å². The minimum atomic E-state index is -0.107. The number of carbonyl (C=O) groups excluding carboxylic acids is 1. The molecule has 4 rings (SSSR count). The van der Waals surface area contributed by atoms with Crippen LogP contribution in [0.3, 0.4) is 0 Å². The lowest BCUT2D eigenvalue weighted by Crippen LogP contribution is -2.32. The van der Waals surface area contributed by atoms with Gasteiger partial charge in [0, 0.05) is 36.6 Å². The van der Waals surface area contributed by atoms with E-state index in [0.29, 0.717) is 12.2 Å². The Labute approximate surface area is 139 Å². The van der Waals surface area contributed by atoms with Crippen LogP contribution in [0.5, 0.6) is 0 Å². The van der Waals surface area contributed by atoms with Crippen LogP contribution in [0.2, 0.25) is 0 Å². The fourth-order valence-electron chi connectivity index (χ4n) is 2.70. The Morgan fingerprint density at radius 2 is 1.88 bits per heavy atom. The van der Waals surface area contributed by atoms with Crippen molar-refractivity contribution in [2.75, 3.05) is 0 Å². The normalized spacial score (nSPS) is 13.7. The number of hydrogen-bond acceptors (Lipinski definition) is 4. The van der Waals surface area contributed by atoms with E-state index in [9.17, 15) is 4.79 Å². The zero-order valence-electron chi connectivity index (χ0n) is 13.1. The van der Waals surface area contributed by atoms with Gasteiger partial charge in [-0.25, -0.2) is 0 Å². The molecule has 0 N–H and O–H groups in total. The Morgan fingerprint density at radius 1 is 1.12 bits per heavy atom. The summed E-state index contributed by atoms with van der Waals surface area (Å²) in [6.45, 7) is 0.563. The molecule has 0 aliphatic heterocycles. The molecule has 5 heteroatoms. The van der Waals surface area contributed by atoms with E-state index in [1.165, 1.54) is 0 Å². The predicted octanol–water partition coefficient (Wildman–Crippen LogP) is 3.54. The molecular weight excluding hydrogens is 302 g/mol. The van der Waals surface area contributed by atoms with Crippen LogP contribution >= 0.6 is 0 Å². The van der Waals surface area contributed by atoms with Gasteiger partial charge in [0.25, 0.3) is 5.91 Å². The summed E-state index contributed by atoms with van der Waals surface area (Å²) in [5.74, 6) is 0.179. The van der Waals surface area contributed by atoms with Crippen LogP contribution < -0.4 is 0 Å². The summed E-state index contributed by atoms with van der Waals surface area (Å²) in [4.78, 5) is 18.7. The molecule has 0 radical (unpaired) electrons. The number of aromatic nitrogens is 2. The number of pyridine rings is 1. The number of hydrogen-bond donors (Lipinski definition) is 0. The Morgan fingerprint density at radius 3 is 2.58 bits per heavy atom. The highest BCUT2D eigenvalue weighted by atomic mass is 16.5. The van der Waals surface area contributed by atoms with E-state index >= 15 is 0 Å². The SMILES string of the molecule is O=C(c1cc(-c2ccccc2)no1)N(Cc1ccncc1)C1CC1. The Bertz CT molecular complexity index is 826. The van der Waals surface area contributed by atoms with E-state index in [-0.39, 0.29) is 17.7 Å². The maximum absolute atomic E-state index is 12.9. The molecule has 24 heavy (non-hydrogen) atoms. The number of rotatable bonds is 5. The summed E-state index contributed by atoms with van der Waals surface area (Å²) in [6.07, 6.45) is 5.56. The summed E-state index contributed by atoms with van der Waals surface area (Å²) in [7, 11) is 0. The van der Waals surface area contributed by atoms with Gasteiger partial charge in [-0.05, 0) is 30.5 Å². The molecule has 0 saturated heterocycles. The third kappa shape index (κ3) is 3.06. The van der Waals surface area contributed by atoms with Gasteiger partial charge in [0.15, 0.2) is 0 Å². The molecule has 120 valence electrons. The van der Waals surface area contributed by atoms with Crippen molar-refractivity contribution in [1.82, 2.24) is 15.0 Å². The number of benzene rings is 1. The summed E-state index contributed by atoms with van der Waals surface area (Å²) >= 11 is 0. The molecule has 1 aliphatic rings. The van der Waals surface area contributed by atoms with Crippen LogP contribution in [0.4, 0.5) is 0 Å². The molecule has 0 spiro atoms. The molecule has 1 amide bonds. The first-order chi connectivity index (χ1) is 11.8. The quantitative estimate of drug-likeness (QED) is 0.721. The van der Waals surface area contributed by atoms with E-state index in [4.69, 9.17) is 4.52 Å². The van der Waals surface area contributed by atoms with Crippen LogP contribution in [0, 0.1) is 0 Å². The monoisotopic (exact) mass is 319 g/mol. The van der Waals surface area contributed by atoms with Gasteiger partial charge < -0.3 is 9.42 Å². The molecule has 0 bridgehead atoms. The number of nitrogens with zero attached hydrogens (tertiary/aromatic N) is 3. The third-order valence-electron chi connectivity index (χ3n) is 4.14. The highest BCUT2D eigenvalue weighted by Gasteiger charge is 2.34. The van der Waals surface area contributed by atoms with Crippen LogP contribution in [0.25, 0.3) is 11.3 Å². The average Bonchev–Trinajstić information content (AvgIpc) is 3.36. The minimum absolute atomic E-state index is 0.107. The lowest BCUT2D eigenvalue weighted by atomic mass is 10.1. The first-order valence-electron chi connectivity index (χ1n) is 8.03. The highest BCUT2D eigenvalue weighted by Crippen LogP contribution is 2.30. The first kappa shape index (κ1) is 14.6. The van der Waals surface area contributed by atoms with Gasteiger partial charge >= 0.3 is 0 Å². The maximum atomic E-state index is 12.9. The van der Waals surface area contributed by atoms with Crippen LogP contribution in [0.1, 0.15) is 29.0 Å². The standard InChI is InChI=1S/C19H17N3O2/c23-19(18-12-17(21-24-18)15-4-2-1-3-5-15)22(16-6-7-16)13-14-8-10-20-11-9-14/h1-5,8-12,16H,6-7,13H2. The van der Waals surface area contributed by atoms with Crippen LogP contribution in [-0.2, 0) is 6.54 Å². The summed E-state index contributed by atoms with van der Waals surface area (Å²) in [5.41, 5.74) is 2.68. The van der Waals surface area contributed by atoms with Gasteiger partial charge in [-0.15, -0.1) is 0 Å². The topological polar surface area (TPSA) is 59.2 Å². The minimum Gasteiger partial charge on any atom is -0.350 e. The van der Waals surface area contributed by atoms with Crippen molar-refractivity contribution in [2.45, 2.75) is 25.4 Å². The van der Waals surface area contributed by atoms with Crippen molar-refractivity contribution in [2.24, 2.45) is 0 Å². The van der Waals surface area contributed by atoms with E-state index in [1.54, 1.807) is 18.5 Å². The smallest absolute Gasteiger partial charge is 0.293 e. The van der Waals surface area contributed by atoms with Crippen LogP contribution in [-0.4, -0.2) is 27.0 Å². The van der Waals surface area contributed by atoms with E-state index in [1.807, 2.05) is 47.4 Å². The molecule has 1 saturated carbocycles. The fourth-order valence-corrected chi connectivity index (χ4v) is 2.70. The second-order valence-electron chi connectivity index (χ2n) is 5.96. The van der Waals surface area contributed by atoms with Gasteiger partial charge in [0.1, 0.15) is 5.69 Å². The molecule has 3 aromatic rings. The molecule has 1 aliphatic carbocycles. The lowest BCUT2D eigenvalue weighted by Gasteiger charge is -2.20. The van der Waals surface area contributed by atoms with Gasteiger partial charge in [-0.3, -0.25) is 9.78 Å². The second-order valence-corrected chi connectivity index (χ2v) is 5.96. The van der Waals surface area contributed by atoms with Crippen molar-refractivity contribution in [3.05, 3.63) is 72.2 Å². The first-order valence-corrected chi connectivity index (χ1v) is 8.03. The molecule has 1 aromatic carbocycles. The zero-order valence-corrected chi connectivity index (χ0v) is 13.1. The molecule has 0 unspecified atom stereocenters. The summed E-state index contributed by atoms with van der Waals surface area (Å²) < 4.78 is 5.32. The van der Waals surface area contributed by atoms with Crippen molar-refractivity contribution >= 4 is 5.91 Å². The van der Waals surface area contributed by atoms with Crippen molar-refractivity contribution < 1.29 is 9.32 Å². The Balaban J connectivity index is 1.56. The molecular formula is C19H17N3O2. The third-order valence-corrected chi connectivity index (χ3v) is 4.14. The lowest BCUT2D eigenvalue weighted by molar-refractivity contribution is 0.0687. The molecule has 0 atom stereocenters. The second kappa shape index (κ2) is 6.28. The van der Waals surface area contributed by atoms with Crippen molar-refractivity contribution in [1.29, 1.82) is 0 Å². The Hall–Kier alpha value is -2.95. The van der Waals surface area contributed by atoms with Gasteiger partial charge in [-0.1, -0.05) is 35.5 Å². The number of carbonyl (C=O) groups is 1. The van der Waals surface area contributed by atoms with E-state index in [0.717, 1.165) is 24.0 Å². The van der Waals surface area contributed by atoms with Gasteiger partial charge in [0.05, 0.1) is 0 Å².